The van der Waals surface area contributed by atoms with E-state index < -0.39 is 0 Å². The Kier molecular flexibility index (Phi) is 5.37. The highest BCUT2D eigenvalue weighted by Crippen LogP contribution is 2.18. The summed E-state index contributed by atoms with van der Waals surface area (Å²) in [6.45, 7) is 0.0481. The summed E-state index contributed by atoms with van der Waals surface area (Å²) in [5, 5.41) is 11.3. The van der Waals surface area contributed by atoms with Crippen LogP contribution >= 0.6 is 11.8 Å². The maximum Gasteiger partial charge on any atom is 0.246 e. The van der Waals surface area contributed by atoms with E-state index in [-0.39, 0.29) is 18.6 Å². The number of ether oxygens (including phenoxy) is 1. The molecule has 2 aromatic rings. The molecule has 0 fully saturated rings. The van der Waals surface area contributed by atoms with E-state index in [0.717, 1.165) is 23.6 Å². The lowest BCUT2D eigenvalue weighted by Gasteiger charge is -2.16. The fraction of sp³-hybridized carbons (Fsp3) is 0.462. The molecule has 0 aliphatic carbocycles. The Balaban J connectivity index is 2.23. The van der Waals surface area contributed by atoms with Gasteiger partial charge in [0.2, 0.25) is 5.91 Å². The second-order valence-corrected chi connectivity index (χ2v) is 5.31. The average Bonchev–Trinajstić information content (AvgIpc) is 2.87. The summed E-state index contributed by atoms with van der Waals surface area (Å²) in [7, 11) is 1.50. The molecule has 1 unspecified atom stereocenters. The zero-order chi connectivity index (χ0) is 14.4. The van der Waals surface area contributed by atoms with Crippen LogP contribution in [0, 0.1) is 0 Å². The van der Waals surface area contributed by atoms with Crippen LogP contribution in [0.15, 0.2) is 24.4 Å². The first-order valence-corrected chi connectivity index (χ1v) is 7.72. The van der Waals surface area contributed by atoms with Crippen molar-refractivity contribution in [1.29, 1.82) is 0 Å². The smallest absolute Gasteiger partial charge is 0.246 e. The van der Waals surface area contributed by atoms with Gasteiger partial charge in [0, 0.05) is 13.3 Å². The third-order valence-electron chi connectivity index (χ3n) is 2.87. The molecular weight excluding hydrogens is 276 g/mol. The van der Waals surface area contributed by atoms with Crippen LogP contribution in [0.3, 0.4) is 0 Å². The number of thioether (sulfide) groups is 1. The number of hydrogen-bond donors (Lipinski definition) is 1. The molecule has 0 aliphatic rings. The molecule has 0 saturated carbocycles. The van der Waals surface area contributed by atoms with E-state index in [0.29, 0.717) is 0 Å². The van der Waals surface area contributed by atoms with Gasteiger partial charge in [-0.15, -0.1) is 10.2 Å². The van der Waals surface area contributed by atoms with Crippen molar-refractivity contribution in [2.45, 2.75) is 12.5 Å². The van der Waals surface area contributed by atoms with Crippen LogP contribution in [0.1, 0.15) is 18.3 Å². The molecule has 0 aliphatic heterocycles. The molecule has 0 saturated heterocycles. The summed E-state index contributed by atoms with van der Waals surface area (Å²) in [4.78, 5) is 11.7. The van der Waals surface area contributed by atoms with Crippen molar-refractivity contribution >= 4 is 23.3 Å². The monoisotopic (exact) mass is 294 g/mol. The van der Waals surface area contributed by atoms with Crippen molar-refractivity contribution in [2.24, 2.45) is 0 Å². The largest absolute Gasteiger partial charge is 0.375 e. The Morgan fingerprint density at radius 3 is 3.10 bits per heavy atom. The zero-order valence-electron chi connectivity index (χ0n) is 11.6. The predicted molar refractivity (Wildman–Crippen MR) is 78.7 cm³/mol. The molecular formula is C13H18N4O2S. The Bertz CT molecular complexity index is 572. The Labute approximate surface area is 121 Å². The predicted octanol–water partition coefficient (Wildman–Crippen LogP) is 1.29. The van der Waals surface area contributed by atoms with Crippen LogP contribution in [0.4, 0.5) is 0 Å². The molecule has 2 aromatic heterocycles. The van der Waals surface area contributed by atoms with Gasteiger partial charge in [-0.3, -0.25) is 9.20 Å². The molecule has 1 atom stereocenters. The van der Waals surface area contributed by atoms with Crippen LogP contribution in [0.25, 0.3) is 5.65 Å². The van der Waals surface area contributed by atoms with Crippen LogP contribution in [-0.4, -0.2) is 46.2 Å². The summed E-state index contributed by atoms with van der Waals surface area (Å²) < 4.78 is 6.75. The van der Waals surface area contributed by atoms with Crippen molar-refractivity contribution < 1.29 is 9.53 Å². The van der Waals surface area contributed by atoms with Crippen LogP contribution < -0.4 is 5.32 Å². The molecule has 0 aromatic carbocycles. The lowest BCUT2D eigenvalue weighted by atomic mass is 10.2. The molecule has 0 radical (unpaired) electrons. The van der Waals surface area contributed by atoms with Crippen molar-refractivity contribution in [1.82, 2.24) is 19.9 Å². The normalized spacial score (nSPS) is 12.5. The average molecular weight is 294 g/mol. The fourth-order valence-corrected chi connectivity index (χ4v) is 2.44. The second kappa shape index (κ2) is 7.25. The Hall–Kier alpha value is -1.60. The van der Waals surface area contributed by atoms with Gasteiger partial charge in [-0.1, -0.05) is 6.07 Å². The molecule has 7 heteroatoms. The highest BCUT2D eigenvalue weighted by Gasteiger charge is 2.19. The number of amides is 1. The van der Waals surface area contributed by atoms with E-state index in [1.165, 1.54) is 7.11 Å². The molecule has 6 nitrogen and oxygen atoms in total. The topological polar surface area (TPSA) is 68.5 Å². The number of rotatable bonds is 7. The van der Waals surface area contributed by atoms with Gasteiger partial charge in [0.05, 0.1) is 6.04 Å². The van der Waals surface area contributed by atoms with Crippen molar-refractivity contribution in [3.63, 3.8) is 0 Å². The van der Waals surface area contributed by atoms with E-state index >= 15 is 0 Å². The molecule has 2 rings (SSSR count). The van der Waals surface area contributed by atoms with Gasteiger partial charge in [0.1, 0.15) is 6.61 Å². The molecule has 1 amide bonds. The minimum Gasteiger partial charge on any atom is -0.375 e. The fourth-order valence-electron chi connectivity index (χ4n) is 1.97. The van der Waals surface area contributed by atoms with Crippen molar-refractivity contribution in [2.75, 3.05) is 25.7 Å². The first kappa shape index (κ1) is 14.8. The van der Waals surface area contributed by atoms with Crippen molar-refractivity contribution in [3.05, 3.63) is 30.2 Å². The number of carbonyl (C=O) groups excluding carboxylic acids is 1. The molecule has 0 bridgehead atoms. The van der Waals surface area contributed by atoms with E-state index in [1.54, 1.807) is 11.8 Å². The number of fused-ring (bicyclic) bond motifs is 1. The molecule has 20 heavy (non-hydrogen) atoms. The number of aromatic nitrogens is 3. The van der Waals surface area contributed by atoms with E-state index in [9.17, 15) is 4.79 Å². The number of methoxy groups -OCH3 is 1. The summed E-state index contributed by atoms with van der Waals surface area (Å²) in [5.74, 6) is 1.53. The Morgan fingerprint density at radius 2 is 2.35 bits per heavy atom. The van der Waals surface area contributed by atoms with Crippen molar-refractivity contribution in [3.8, 4) is 0 Å². The third kappa shape index (κ3) is 3.49. The van der Waals surface area contributed by atoms with Gasteiger partial charge in [-0.25, -0.2) is 0 Å². The Morgan fingerprint density at radius 1 is 1.50 bits per heavy atom. The van der Waals surface area contributed by atoms with Gasteiger partial charge in [-0.2, -0.15) is 11.8 Å². The van der Waals surface area contributed by atoms with Gasteiger partial charge in [-0.05, 0) is 30.6 Å². The second-order valence-electron chi connectivity index (χ2n) is 4.32. The van der Waals surface area contributed by atoms with E-state index in [4.69, 9.17) is 4.74 Å². The van der Waals surface area contributed by atoms with E-state index in [1.807, 2.05) is 35.1 Å². The minimum absolute atomic E-state index is 0.0481. The van der Waals surface area contributed by atoms with Gasteiger partial charge >= 0.3 is 0 Å². The number of hydrogen-bond acceptors (Lipinski definition) is 5. The summed E-state index contributed by atoms with van der Waals surface area (Å²) in [5.41, 5.74) is 0.776. The number of nitrogens with zero attached hydrogens (tertiary/aromatic N) is 3. The highest BCUT2D eigenvalue weighted by atomic mass is 32.2. The first-order chi connectivity index (χ1) is 9.76. The molecule has 2 heterocycles. The van der Waals surface area contributed by atoms with Crippen LogP contribution in [0.5, 0.6) is 0 Å². The molecule has 0 spiro atoms. The summed E-state index contributed by atoms with van der Waals surface area (Å²) in [6.07, 6.45) is 4.74. The number of nitrogens with one attached hydrogen (secondary N) is 1. The number of carbonyl (C=O) groups is 1. The minimum atomic E-state index is -0.164. The van der Waals surface area contributed by atoms with E-state index in [2.05, 4.69) is 15.5 Å². The maximum absolute atomic E-state index is 11.7. The van der Waals surface area contributed by atoms with Crippen LogP contribution in [0.2, 0.25) is 0 Å². The summed E-state index contributed by atoms with van der Waals surface area (Å²) in [6, 6.07) is 5.55. The molecule has 1 N–H and O–H groups in total. The maximum atomic E-state index is 11.7. The lowest BCUT2D eigenvalue weighted by Crippen LogP contribution is -2.32. The zero-order valence-corrected chi connectivity index (χ0v) is 12.4. The van der Waals surface area contributed by atoms with Crippen LogP contribution in [-0.2, 0) is 9.53 Å². The lowest BCUT2D eigenvalue weighted by molar-refractivity contribution is -0.125. The quantitative estimate of drug-likeness (QED) is 0.833. The summed E-state index contributed by atoms with van der Waals surface area (Å²) >= 11 is 1.73. The molecule has 108 valence electrons. The van der Waals surface area contributed by atoms with Gasteiger partial charge in [0.25, 0.3) is 0 Å². The third-order valence-corrected chi connectivity index (χ3v) is 3.52. The van der Waals surface area contributed by atoms with Gasteiger partial charge < -0.3 is 10.1 Å². The standard InChI is InChI=1S/C13H18N4O2S/c1-19-9-12(18)14-10(6-8-20-2)13-16-15-11-5-3-4-7-17(11)13/h3-5,7,10H,6,8-9H2,1-2H3,(H,14,18). The first-order valence-electron chi connectivity index (χ1n) is 6.33. The SMILES string of the molecule is COCC(=O)NC(CCSC)c1nnc2ccccn12. The highest BCUT2D eigenvalue weighted by molar-refractivity contribution is 7.98. The number of pyridine rings is 1. The van der Waals surface area contributed by atoms with Gasteiger partial charge in [0.15, 0.2) is 11.5 Å².